The van der Waals surface area contributed by atoms with Gasteiger partial charge in [-0.2, -0.15) is 5.10 Å². The molecule has 3 N–H and O–H groups in total. The Kier molecular flexibility index (Phi) is 3.94. The number of aromatic nitrogens is 2. The average molecular weight is 395 g/mol. The van der Waals surface area contributed by atoms with Crippen LogP contribution in [0.25, 0.3) is 0 Å². The lowest BCUT2D eigenvalue weighted by atomic mass is 10.3. The number of phenolic OH excluding ortho intramolecular Hbond substituents is 1. The summed E-state index contributed by atoms with van der Waals surface area (Å²) in [5, 5.41) is 18.9. The first-order chi connectivity index (χ1) is 8.49. The molecule has 1 heterocycles. The number of anilines is 1. The average Bonchev–Trinajstić information content (AvgIpc) is 2.65. The number of hydrogen-bond donors (Lipinski definition) is 3. The number of nitrogens with zero attached hydrogens (tertiary/aromatic N) is 1. The Morgan fingerprint density at radius 1 is 1.44 bits per heavy atom. The maximum atomic E-state index is 11.9. The zero-order chi connectivity index (χ0) is 13.3. The number of H-pyrrole nitrogens is 1. The third-order valence-corrected chi connectivity index (χ3v) is 4.20. The van der Waals surface area contributed by atoms with Crippen molar-refractivity contribution >= 4 is 55.1 Å². The smallest absolute Gasteiger partial charge is 0.277 e. The number of amides is 1. The highest BCUT2D eigenvalue weighted by Gasteiger charge is 2.17. The molecule has 0 saturated carbocycles. The number of benzene rings is 1. The fourth-order valence-corrected chi connectivity index (χ4v) is 2.05. The molecule has 0 atom stereocenters. The van der Waals surface area contributed by atoms with E-state index in [1.165, 1.54) is 18.2 Å². The molecule has 0 spiro atoms. The SMILES string of the molecule is O=C(Nc1cc(Cl)ccc1O)c1n[nH]c(Br)c1Br. The van der Waals surface area contributed by atoms with Crippen LogP contribution in [0.2, 0.25) is 5.02 Å². The molecule has 94 valence electrons. The maximum absolute atomic E-state index is 11.9. The van der Waals surface area contributed by atoms with Crippen molar-refractivity contribution in [3.63, 3.8) is 0 Å². The van der Waals surface area contributed by atoms with Crippen LogP contribution in [0, 0.1) is 0 Å². The number of carbonyl (C=O) groups excluding carboxylic acids is 1. The van der Waals surface area contributed by atoms with Gasteiger partial charge in [0.1, 0.15) is 10.4 Å². The molecule has 1 aromatic heterocycles. The number of aromatic amines is 1. The van der Waals surface area contributed by atoms with Crippen LogP contribution in [0.1, 0.15) is 10.5 Å². The van der Waals surface area contributed by atoms with Gasteiger partial charge in [0.05, 0.1) is 10.2 Å². The summed E-state index contributed by atoms with van der Waals surface area (Å²) in [6.07, 6.45) is 0. The monoisotopic (exact) mass is 393 g/mol. The minimum atomic E-state index is -0.471. The van der Waals surface area contributed by atoms with E-state index < -0.39 is 5.91 Å². The maximum Gasteiger partial charge on any atom is 0.277 e. The van der Waals surface area contributed by atoms with Crippen LogP contribution < -0.4 is 5.32 Å². The van der Waals surface area contributed by atoms with Crippen molar-refractivity contribution < 1.29 is 9.90 Å². The second-order valence-corrected chi connectivity index (χ2v) is 5.34. The van der Waals surface area contributed by atoms with Crippen molar-refractivity contribution in [2.75, 3.05) is 5.32 Å². The number of aromatic hydroxyl groups is 1. The first-order valence-corrected chi connectivity index (χ1v) is 6.64. The summed E-state index contributed by atoms with van der Waals surface area (Å²) >= 11 is 12.2. The Bertz CT molecular complexity index is 615. The van der Waals surface area contributed by atoms with Gasteiger partial charge in [0.25, 0.3) is 5.91 Å². The lowest BCUT2D eigenvalue weighted by molar-refractivity contribution is 0.102. The van der Waals surface area contributed by atoms with E-state index in [2.05, 4.69) is 47.4 Å². The van der Waals surface area contributed by atoms with Crippen LogP contribution in [0.5, 0.6) is 5.75 Å². The molecule has 0 aliphatic rings. The van der Waals surface area contributed by atoms with Crippen molar-refractivity contribution in [3.8, 4) is 5.75 Å². The van der Waals surface area contributed by atoms with E-state index in [0.29, 0.717) is 14.1 Å². The van der Waals surface area contributed by atoms with Gasteiger partial charge in [-0.3, -0.25) is 9.89 Å². The molecule has 1 aromatic carbocycles. The van der Waals surface area contributed by atoms with E-state index >= 15 is 0 Å². The number of phenols is 1. The molecular weight excluding hydrogens is 389 g/mol. The van der Waals surface area contributed by atoms with E-state index in [1.54, 1.807) is 0 Å². The van der Waals surface area contributed by atoms with Crippen LogP contribution in [-0.2, 0) is 0 Å². The fourth-order valence-electron chi connectivity index (χ4n) is 1.25. The van der Waals surface area contributed by atoms with Gasteiger partial charge in [0.15, 0.2) is 5.69 Å². The highest BCUT2D eigenvalue weighted by atomic mass is 79.9. The normalized spacial score (nSPS) is 10.4. The van der Waals surface area contributed by atoms with Gasteiger partial charge < -0.3 is 10.4 Å². The Balaban J connectivity index is 2.27. The van der Waals surface area contributed by atoms with Crippen molar-refractivity contribution in [2.45, 2.75) is 0 Å². The van der Waals surface area contributed by atoms with Crippen molar-refractivity contribution in [2.24, 2.45) is 0 Å². The number of rotatable bonds is 2. The summed E-state index contributed by atoms with van der Waals surface area (Å²) in [6, 6.07) is 4.37. The Hall–Kier alpha value is -1.05. The molecule has 0 radical (unpaired) electrons. The number of nitrogens with one attached hydrogen (secondary N) is 2. The van der Waals surface area contributed by atoms with E-state index in [4.69, 9.17) is 11.6 Å². The Labute approximate surface area is 124 Å². The molecule has 0 fully saturated rings. The topological polar surface area (TPSA) is 78.0 Å². The Morgan fingerprint density at radius 3 is 2.78 bits per heavy atom. The molecule has 0 aliphatic heterocycles. The van der Waals surface area contributed by atoms with Crippen molar-refractivity contribution in [1.82, 2.24) is 10.2 Å². The third kappa shape index (κ3) is 2.68. The van der Waals surface area contributed by atoms with Crippen LogP contribution in [-0.4, -0.2) is 21.2 Å². The molecule has 1 amide bonds. The minimum absolute atomic E-state index is 0.0709. The summed E-state index contributed by atoms with van der Waals surface area (Å²) in [6.45, 7) is 0. The van der Waals surface area contributed by atoms with Gasteiger partial charge in [0.2, 0.25) is 0 Å². The summed E-state index contributed by atoms with van der Waals surface area (Å²) in [5.74, 6) is -0.542. The Morgan fingerprint density at radius 2 is 2.17 bits per heavy atom. The lowest BCUT2D eigenvalue weighted by Gasteiger charge is -2.06. The van der Waals surface area contributed by atoms with Gasteiger partial charge in [-0.05, 0) is 50.1 Å². The molecule has 2 aromatic rings. The molecule has 0 bridgehead atoms. The lowest BCUT2D eigenvalue weighted by Crippen LogP contribution is -2.13. The molecule has 0 saturated heterocycles. The predicted molar refractivity (Wildman–Crippen MR) is 75.1 cm³/mol. The molecule has 8 heteroatoms. The molecule has 0 unspecified atom stereocenters. The van der Waals surface area contributed by atoms with Crippen molar-refractivity contribution in [3.05, 3.63) is 38.0 Å². The molecule has 18 heavy (non-hydrogen) atoms. The molecule has 0 aliphatic carbocycles. The second-order valence-electron chi connectivity index (χ2n) is 3.32. The zero-order valence-corrected chi connectivity index (χ0v) is 12.6. The summed E-state index contributed by atoms with van der Waals surface area (Å²) < 4.78 is 1.06. The quantitative estimate of drug-likeness (QED) is 0.681. The van der Waals surface area contributed by atoms with Crippen LogP contribution in [0.3, 0.4) is 0 Å². The van der Waals surface area contributed by atoms with Gasteiger partial charge >= 0.3 is 0 Å². The molecule has 5 nitrogen and oxygen atoms in total. The van der Waals surface area contributed by atoms with Crippen LogP contribution >= 0.6 is 43.5 Å². The zero-order valence-electron chi connectivity index (χ0n) is 8.67. The first-order valence-electron chi connectivity index (χ1n) is 4.68. The standard InChI is InChI=1S/C10H6Br2ClN3O2/c11-7-8(15-16-9(7)12)10(18)14-5-3-4(13)1-2-6(5)17/h1-3,17H,(H,14,18)(H,15,16). The van der Waals surface area contributed by atoms with E-state index in [1.807, 2.05) is 0 Å². The highest BCUT2D eigenvalue weighted by molar-refractivity contribution is 9.13. The van der Waals surface area contributed by atoms with E-state index in [-0.39, 0.29) is 17.1 Å². The number of carbonyl (C=O) groups is 1. The van der Waals surface area contributed by atoms with E-state index in [9.17, 15) is 9.90 Å². The minimum Gasteiger partial charge on any atom is -0.506 e. The second kappa shape index (κ2) is 5.29. The van der Waals surface area contributed by atoms with E-state index in [0.717, 1.165) is 0 Å². The number of halogens is 3. The fraction of sp³-hybridized carbons (Fsp3) is 0. The summed E-state index contributed by atoms with van der Waals surface area (Å²) in [7, 11) is 0. The molecule has 2 rings (SSSR count). The van der Waals surface area contributed by atoms with Gasteiger partial charge in [-0.15, -0.1) is 0 Å². The first kappa shape index (κ1) is 13.4. The summed E-state index contributed by atoms with van der Waals surface area (Å²) in [4.78, 5) is 11.9. The highest BCUT2D eigenvalue weighted by Crippen LogP contribution is 2.29. The third-order valence-electron chi connectivity index (χ3n) is 2.09. The number of hydrogen-bond acceptors (Lipinski definition) is 3. The van der Waals surface area contributed by atoms with Gasteiger partial charge in [0, 0.05) is 5.02 Å². The predicted octanol–water partition coefficient (Wildman–Crippen LogP) is 3.55. The van der Waals surface area contributed by atoms with Crippen LogP contribution in [0.4, 0.5) is 5.69 Å². The molecular formula is C10H6Br2ClN3O2. The van der Waals surface area contributed by atoms with Gasteiger partial charge in [-0.25, -0.2) is 0 Å². The summed E-state index contributed by atoms with van der Waals surface area (Å²) in [5.41, 5.74) is 0.389. The largest absolute Gasteiger partial charge is 0.506 e. The van der Waals surface area contributed by atoms with Gasteiger partial charge in [-0.1, -0.05) is 11.6 Å². The van der Waals surface area contributed by atoms with Crippen molar-refractivity contribution in [1.29, 1.82) is 0 Å². The van der Waals surface area contributed by atoms with Crippen LogP contribution in [0.15, 0.2) is 27.3 Å².